The van der Waals surface area contributed by atoms with E-state index in [0.717, 1.165) is 21.4 Å². The summed E-state index contributed by atoms with van der Waals surface area (Å²) in [6.45, 7) is 0. The largest absolute Gasteiger partial charge is 0.511 e. The zero-order valence-corrected chi connectivity index (χ0v) is 19.4. The Labute approximate surface area is 205 Å². The Bertz CT molecular complexity index is 1780. The lowest BCUT2D eigenvalue weighted by molar-refractivity contribution is -0.138. The molecule has 1 aliphatic carbocycles. The number of carboxylic acid groups (broad SMARTS) is 1. The van der Waals surface area contributed by atoms with Gasteiger partial charge in [0.1, 0.15) is 0 Å². The summed E-state index contributed by atoms with van der Waals surface area (Å²) in [5, 5.41) is 9.15. The standard InChI is InChI=1S/C24H19F3N4O6/c1-28-17-8-6-12(10-18(17)29(2)21(28)33)30-11-19(37-23(35)36)20(32)31(22(30)34)16-9-7-13-14(16)4-3-5-15(13)24(25,26)27/h3-6,8,10-11,16H,7,9H2,1-2H3,(H,35,36)/t16-/m0/s1. The molecule has 2 aromatic heterocycles. The van der Waals surface area contributed by atoms with Gasteiger partial charge < -0.3 is 9.84 Å². The molecule has 0 spiro atoms. The third kappa shape index (κ3) is 3.74. The summed E-state index contributed by atoms with van der Waals surface area (Å²) in [6, 6.07) is 7.04. The van der Waals surface area contributed by atoms with Crippen molar-refractivity contribution in [3.05, 3.63) is 90.6 Å². The number of hydrogen-bond donors (Lipinski definition) is 1. The quantitative estimate of drug-likeness (QED) is 0.419. The molecule has 0 aliphatic heterocycles. The van der Waals surface area contributed by atoms with Crippen molar-refractivity contribution in [1.29, 1.82) is 0 Å². The minimum atomic E-state index is -4.62. The first kappa shape index (κ1) is 24.2. The fraction of sp³-hybridized carbons (Fsp3) is 0.250. The second-order valence-corrected chi connectivity index (χ2v) is 8.69. The van der Waals surface area contributed by atoms with Crippen molar-refractivity contribution in [3.63, 3.8) is 0 Å². The first-order valence-electron chi connectivity index (χ1n) is 11.0. The molecule has 1 N–H and O–H groups in total. The van der Waals surface area contributed by atoms with E-state index < -0.39 is 40.9 Å². The molecule has 2 heterocycles. The molecule has 0 saturated heterocycles. The minimum absolute atomic E-state index is 0.0142. The fourth-order valence-corrected chi connectivity index (χ4v) is 4.98. The Hall–Kier alpha value is -4.55. The van der Waals surface area contributed by atoms with E-state index in [4.69, 9.17) is 5.11 Å². The number of hydrogen-bond acceptors (Lipinski definition) is 5. The Morgan fingerprint density at radius 2 is 1.73 bits per heavy atom. The predicted molar refractivity (Wildman–Crippen MR) is 125 cm³/mol. The molecule has 0 amide bonds. The molecule has 0 unspecified atom stereocenters. The van der Waals surface area contributed by atoms with Gasteiger partial charge in [0, 0.05) is 14.1 Å². The van der Waals surface area contributed by atoms with E-state index in [1.165, 1.54) is 40.4 Å². The summed E-state index contributed by atoms with van der Waals surface area (Å²) in [4.78, 5) is 50.4. The van der Waals surface area contributed by atoms with E-state index in [1.54, 1.807) is 13.1 Å². The van der Waals surface area contributed by atoms with Gasteiger partial charge in [0.2, 0.25) is 5.75 Å². The van der Waals surface area contributed by atoms with Gasteiger partial charge in [-0.15, -0.1) is 0 Å². The van der Waals surface area contributed by atoms with Crippen molar-refractivity contribution < 1.29 is 27.8 Å². The maximum Gasteiger partial charge on any atom is 0.511 e. The number of benzene rings is 2. The van der Waals surface area contributed by atoms with Crippen molar-refractivity contribution in [3.8, 4) is 11.4 Å². The van der Waals surface area contributed by atoms with Crippen LogP contribution in [0.2, 0.25) is 0 Å². The van der Waals surface area contributed by atoms with Crippen LogP contribution in [0.15, 0.2) is 57.0 Å². The lowest BCUT2D eigenvalue weighted by Crippen LogP contribution is -2.42. The molecule has 0 saturated carbocycles. The van der Waals surface area contributed by atoms with Crippen molar-refractivity contribution in [2.24, 2.45) is 14.1 Å². The van der Waals surface area contributed by atoms with Crippen LogP contribution in [-0.4, -0.2) is 29.5 Å². The van der Waals surface area contributed by atoms with E-state index >= 15 is 0 Å². The van der Waals surface area contributed by atoms with Gasteiger partial charge in [-0.1, -0.05) is 12.1 Å². The highest BCUT2D eigenvalue weighted by Gasteiger charge is 2.38. The Morgan fingerprint density at radius 1 is 1.03 bits per heavy atom. The molecule has 5 rings (SSSR count). The van der Waals surface area contributed by atoms with Gasteiger partial charge in [-0.2, -0.15) is 13.2 Å². The number of ether oxygens (including phenoxy) is 1. The highest BCUT2D eigenvalue weighted by molar-refractivity contribution is 5.78. The molecule has 13 heteroatoms. The van der Waals surface area contributed by atoms with Crippen LogP contribution in [0.1, 0.15) is 29.2 Å². The topological polar surface area (TPSA) is 117 Å². The maximum absolute atomic E-state index is 13.6. The average molecular weight is 516 g/mol. The lowest BCUT2D eigenvalue weighted by atomic mass is 10.0. The number of nitrogens with zero attached hydrogens (tertiary/aromatic N) is 4. The smallest absolute Gasteiger partial charge is 0.449 e. The molecule has 37 heavy (non-hydrogen) atoms. The summed E-state index contributed by atoms with van der Waals surface area (Å²) >= 11 is 0. The molecule has 0 radical (unpaired) electrons. The van der Waals surface area contributed by atoms with Gasteiger partial charge >= 0.3 is 23.7 Å². The van der Waals surface area contributed by atoms with Gasteiger partial charge in [-0.3, -0.25) is 18.5 Å². The van der Waals surface area contributed by atoms with Crippen LogP contribution >= 0.6 is 0 Å². The van der Waals surface area contributed by atoms with Crippen LogP contribution in [0.4, 0.5) is 18.0 Å². The molecular weight excluding hydrogens is 497 g/mol. The highest BCUT2D eigenvalue weighted by Crippen LogP contribution is 2.41. The molecule has 4 aromatic rings. The van der Waals surface area contributed by atoms with Crippen molar-refractivity contribution in [1.82, 2.24) is 18.3 Å². The molecule has 0 fully saturated rings. The number of fused-ring (bicyclic) bond motifs is 2. The molecule has 2 aromatic carbocycles. The number of aromatic nitrogens is 4. The molecule has 1 aliphatic rings. The molecular formula is C24H19F3N4O6. The summed E-state index contributed by atoms with van der Waals surface area (Å²) in [5.41, 5.74) is -1.84. The van der Waals surface area contributed by atoms with E-state index in [1.807, 2.05) is 0 Å². The third-order valence-electron chi connectivity index (χ3n) is 6.68. The van der Waals surface area contributed by atoms with Crippen LogP contribution in [-0.2, 0) is 26.7 Å². The van der Waals surface area contributed by atoms with Crippen LogP contribution in [0.5, 0.6) is 5.75 Å². The van der Waals surface area contributed by atoms with Gasteiger partial charge in [-0.25, -0.2) is 19.0 Å². The van der Waals surface area contributed by atoms with Gasteiger partial charge in [0.25, 0.3) is 5.56 Å². The first-order valence-corrected chi connectivity index (χ1v) is 11.0. The van der Waals surface area contributed by atoms with Crippen LogP contribution in [0.25, 0.3) is 16.7 Å². The number of carbonyl (C=O) groups is 1. The van der Waals surface area contributed by atoms with Gasteiger partial charge in [0.15, 0.2) is 0 Å². The SMILES string of the molecule is Cn1c(=O)n(C)c2cc(-n3cc(OC(=O)O)c(=O)n([C@H]4CCc5c4cccc5C(F)(F)F)c3=O)ccc21. The van der Waals surface area contributed by atoms with E-state index in [9.17, 15) is 32.3 Å². The Morgan fingerprint density at radius 3 is 2.41 bits per heavy atom. The summed E-state index contributed by atoms with van der Waals surface area (Å²) in [6.07, 6.45) is -5.54. The number of imidazole rings is 1. The first-order chi connectivity index (χ1) is 17.4. The zero-order valence-electron chi connectivity index (χ0n) is 19.4. The minimum Gasteiger partial charge on any atom is -0.449 e. The van der Waals surface area contributed by atoms with Gasteiger partial charge in [0.05, 0.1) is 34.5 Å². The average Bonchev–Trinajstić information content (AvgIpc) is 3.35. The summed E-state index contributed by atoms with van der Waals surface area (Å²) in [5.74, 6) is -0.699. The number of rotatable bonds is 3. The summed E-state index contributed by atoms with van der Waals surface area (Å²) < 4.78 is 49.8. The lowest BCUT2D eigenvalue weighted by Gasteiger charge is -2.19. The summed E-state index contributed by atoms with van der Waals surface area (Å²) in [7, 11) is 3.10. The zero-order chi connectivity index (χ0) is 26.8. The molecule has 1 atom stereocenters. The van der Waals surface area contributed by atoms with Crippen molar-refractivity contribution in [2.45, 2.75) is 25.1 Å². The van der Waals surface area contributed by atoms with Crippen LogP contribution in [0.3, 0.4) is 0 Å². The number of aryl methyl sites for hydroxylation is 2. The Balaban J connectivity index is 1.77. The highest BCUT2D eigenvalue weighted by atomic mass is 19.4. The van der Waals surface area contributed by atoms with E-state index in [0.29, 0.717) is 11.0 Å². The van der Waals surface area contributed by atoms with Crippen molar-refractivity contribution >= 4 is 17.2 Å². The van der Waals surface area contributed by atoms with Gasteiger partial charge in [-0.05, 0) is 48.2 Å². The molecule has 192 valence electrons. The van der Waals surface area contributed by atoms with Crippen molar-refractivity contribution in [2.75, 3.05) is 0 Å². The number of alkyl halides is 3. The predicted octanol–water partition coefficient (Wildman–Crippen LogP) is 2.80. The second-order valence-electron chi connectivity index (χ2n) is 8.69. The fourth-order valence-electron chi connectivity index (χ4n) is 4.98. The van der Waals surface area contributed by atoms with E-state index in [-0.39, 0.29) is 35.3 Å². The third-order valence-corrected chi connectivity index (χ3v) is 6.68. The maximum atomic E-state index is 13.6. The van der Waals surface area contributed by atoms with Crippen LogP contribution in [0, 0.1) is 0 Å². The van der Waals surface area contributed by atoms with E-state index in [2.05, 4.69) is 4.74 Å². The Kier molecular flexibility index (Phi) is 5.39. The second kappa shape index (κ2) is 8.25. The molecule has 0 bridgehead atoms. The number of halogens is 3. The molecule has 10 nitrogen and oxygen atoms in total. The normalized spacial score (nSPS) is 15.2. The van der Waals surface area contributed by atoms with Crippen LogP contribution < -0.4 is 21.7 Å². The monoisotopic (exact) mass is 516 g/mol.